The molecule has 0 aliphatic heterocycles. The molecule has 0 aliphatic rings. The van der Waals surface area contributed by atoms with Gasteiger partial charge < -0.3 is 4.74 Å². The van der Waals surface area contributed by atoms with Crippen LogP contribution in [0.25, 0.3) is 0 Å². The van der Waals surface area contributed by atoms with E-state index in [1.165, 1.54) is 11.8 Å². The lowest BCUT2D eigenvalue weighted by atomic mass is 10.3. The van der Waals surface area contributed by atoms with Gasteiger partial charge in [-0.2, -0.15) is 10.5 Å². The Hall–Kier alpha value is -1.56. The average Bonchev–Trinajstić information content (AvgIpc) is 2.31. The van der Waals surface area contributed by atoms with Crippen LogP contribution in [0.1, 0.15) is 0 Å². The molecule has 0 aromatic heterocycles. The third-order valence-corrected chi connectivity index (χ3v) is 3.11. The van der Waals surface area contributed by atoms with E-state index in [2.05, 4.69) is 12.6 Å². The molecule has 1 aromatic carbocycles. The fourth-order valence-corrected chi connectivity index (χ4v) is 2.03. The molecule has 16 heavy (non-hydrogen) atoms. The van der Waals surface area contributed by atoms with Crippen LogP contribution in [0.4, 0.5) is 0 Å². The monoisotopic (exact) mass is 248 g/mol. The van der Waals surface area contributed by atoms with Gasteiger partial charge in [-0.1, -0.05) is 11.8 Å². The predicted molar refractivity (Wildman–Crippen MR) is 66.1 cm³/mol. The minimum Gasteiger partial charge on any atom is -0.497 e. The smallest absolute Gasteiger partial charge is 0.149 e. The first-order valence-electron chi connectivity index (χ1n) is 4.26. The number of allylic oxidation sites excluding steroid dienone is 1. The lowest BCUT2D eigenvalue weighted by molar-refractivity contribution is 0.414. The lowest BCUT2D eigenvalue weighted by Gasteiger charge is -2.02. The Balaban J connectivity index is 2.86. The van der Waals surface area contributed by atoms with E-state index >= 15 is 0 Å². The summed E-state index contributed by atoms with van der Waals surface area (Å²) in [6.45, 7) is 0. The molecule has 0 spiro atoms. The molecule has 80 valence electrons. The van der Waals surface area contributed by atoms with Crippen LogP contribution in [0.15, 0.2) is 39.0 Å². The van der Waals surface area contributed by atoms with Gasteiger partial charge in [0.05, 0.1) is 11.3 Å². The summed E-state index contributed by atoms with van der Waals surface area (Å²) in [7, 11) is 1.59. The molecule has 3 nitrogen and oxygen atoms in total. The normalized spacial score (nSPS) is 8.75. The second kappa shape index (κ2) is 6.12. The summed E-state index contributed by atoms with van der Waals surface area (Å²) in [5, 5.41) is 17.3. The summed E-state index contributed by atoms with van der Waals surface area (Å²) in [6, 6.07) is 10.9. The molecule has 0 bridgehead atoms. The summed E-state index contributed by atoms with van der Waals surface area (Å²) >= 11 is 5.38. The van der Waals surface area contributed by atoms with Crippen molar-refractivity contribution < 1.29 is 4.74 Å². The van der Waals surface area contributed by atoms with Crippen molar-refractivity contribution in [3.8, 4) is 17.9 Å². The molecular formula is C11H8N2OS2. The van der Waals surface area contributed by atoms with E-state index in [-0.39, 0.29) is 5.57 Å². The first-order valence-corrected chi connectivity index (χ1v) is 5.53. The number of hydrogen-bond donors (Lipinski definition) is 1. The third kappa shape index (κ3) is 3.23. The highest BCUT2D eigenvalue weighted by Crippen LogP contribution is 2.32. The number of nitriles is 2. The molecule has 0 atom stereocenters. The Bertz CT molecular complexity index is 464. The van der Waals surface area contributed by atoms with Crippen LogP contribution in [-0.4, -0.2) is 7.11 Å². The summed E-state index contributed by atoms with van der Waals surface area (Å²) in [5.74, 6) is 0.759. The summed E-state index contributed by atoms with van der Waals surface area (Å²) < 4.78 is 5.42. The molecule has 1 rings (SSSR count). The first-order chi connectivity index (χ1) is 7.71. The second-order valence-corrected chi connectivity index (χ2v) is 4.51. The van der Waals surface area contributed by atoms with Gasteiger partial charge in [0.1, 0.15) is 23.5 Å². The van der Waals surface area contributed by atoms with Crippen molar-refractivity contribution in [3.63, 3.8) is 0 Å². The number of thiol groups is 1. The molecular weight excluding hydrogens is 240 g/mol. The Morgan fingerprint density at radius 1 is 1.25 bits per heavy atom. The first kappa shape index (κ1) is 12.5. The van der Waals surface area contributed by atoms with E-state index in [9.17, 15) is 0 Å². The molecule has 0 heterocycles. The van der Waals surface area contributed by atoms with E-state index < -0.39 is 0 Å². The summed E-state index contributed by atoms with van der Waals surface area (Å²) in [6.07, 6.45) is 0. The van der Waals surface area contributed by atoms with Gasteiger partial charge in [-0.05, 0) is 24.3 Å². The maximum atomic E-state index is 8.64. The van der Waals surface area contributed by atoms with Crippen molar-refractivity contribution >= 4 is 24.4 Å². The van der Waals surface area contributed by atoms with Crippen LogP contribution in [0.2, 0.25) is 0 Å². The number of ether oxygens (including phenoxy) is 1. The molecule has 5 heteroatoms. The van der Waals surface area contributed by atoms with Gasteiger partial charge in [0.15, 0.2) is 0 Å². The maximum Gasteiger partial charge on any atom is 0.149 e. The summed E-state index contributed by atoms with van der Waals surface area (Å²) in [5.41, 5.74) is 0.0177. The van der Waals surface area contributed by atoms with Crippen LogP contribution >= 0.6 is 24.4 Å². The van der Waals surface area contributed by atoms with E-state index in [0.717, 1.165) is 10.6 Å². The van der Waals surface area contributed by atoms with Gasteiger partial charge in [0, 0.05) is 4.90 Å². The largest absolute Gasteiger partial charge is 0.497 e. The van der Waals surface area contributed by atoms with Gasteiger partial charge >= 0.3 is 0 Å². The van der Waals surface area contributed by atoms with Gasteiger partial charge in [-0.15, -0.1) is 12.6 Å². The Labute approximate surface area is 104 Å². The van der Waals surface area contributed by atoms with Crippen LogP contribution in [-0.2, 0) is 0 Å². The Kier molecular flexibility index (Phi) is 4.78. The summed E-state index contributed by atoms with van der Waals surface area (Å²) in [4.78, 5) is 0.897. The molecule has 0 saturated heterocycles. The number of methoxy groups -OCH3 is 1. The van der Waals surface area contributed by atoms with Crippen molar-refractivity contribution in [3.05, 3.63) is 34.1 Å². The maximum absolute atomic E-state index is 8.64. The molecule has 0 unspecified atom stereocenters. The average molecular weight is 248 g/mol. The molecule has 0 N–H and O–H groups in total. The third-order valence-electron chi connectivity index (χ3n) is 1.71. The highest BCUT2D eigenvalue weighted by molar-refractivity contribution is 8.15. The molecule has 1 aromatic rings. The zero-order chi connectivity index (χ0) is 12.0. The molecule has 0 aliphatic carbocycles. The number of hydrogen-bond acceptors (Lipinski definition) is 5. The van der Waals surface area contributed by atoms with Gasteiger partial charge in [-0.3, -0.25) is 0 Å². The molecule has 0 amide bonds. The topological polar surface area (TPSA) is 56.8 Å². The van der Waals surface area contributed by atoms with Crippen LogP contribution in [0.3, 0.4) is 0 Å². The predicted octanol–water partition coefficient (Wildman–Crippen LogP) is 2.98. The highest BCUT2D eigenvalue weighted by atomic mass is 32.2. The minimum atomic E-state index is 0.0177. The standard InChI is InChI=1S/C11H8N2OS2/c1-14-9-2-4-10(5-3-9)16-11(15)8(6-12)7-13/h2-5,15H,1H3. The van der Waals surface area contributed by atoms with Crippen LogP contribution < -0.4 is 4.74 Å². The molecule has 0 radical (unpaired) electrons. The Morgan fingerprint density at radius 2 is 1.81 bits per heavy atom. The minimum absolute atomic E-state index is 0.0177. The van der Waals surface area contributed by atoms with Crippen molar-refractivity contribution in [1.29, 1.82) is 10.5 Å². The fraction of sp³-hybridized carbons (Fsp3) is 0.0909. The Morgan fingerprint density at radius 3 is 2.25 bits per heavy atom. The highest BCUT2D eigenvalue weighted by Gasteiger charge is 2.04. The number of benzene rings is 1. The van der Waals surface area contributed by atoms with Crippen LogP contribution in [0, 0.1) is 22.7 Å². The van der Waals surface area contributed by atoms with Crippen molar-refractivity contribution in [2.75, 3.05) is 7.11 Å². The molecule has 0 saturated carbocycles. The SMILES string of the molecule is COc1ccc(SC(S)=C(C#N)C#N)cc1. The van der Waals surface area contributed by atoms with E-state index in [0.29, 0.717) is 4.24 Å². The van der Waals surface area contributed by atoms with E-state index in [4.69, 9.17) is 15.3 Å². The lowest BCUT2D eigenvalue weighted by Crippen LogP contribution is -1.81. The number of thioether (sulfide) groups is 1. The van der Waals surface area contributed by atoms with Gasteiger partial charge in [-0.25, -0.2) is 0 Å². The zero-order valence-corrected chi connectivity index (χ0v) is 10.2. The number of nitrogens with zero attached hydrogens (tertiary/aromatic N) is 2. The van der Waals surface area contributed by atoms with Gasteiger partial charge in [0.25, 0.3) is 0 Å². The quantitative estimate of drug-likeness (QED) is 0.507. The second-order valence-electron chi connectivity index (χ2n) is 2.68. The van der Waals surface area contributed by atoms with Crippen molar-refractivity contribution in [1.82, 2.24) is 0 Å². The van der Waals surface area contributed by atoms with E-state index in [1.54, 1.807) is 19.2 Å². The fourth-order valence-electron chi connectivity index (χ4n) is 0.927. The number of rotatable bonds is 3. The van der Waals surface area contributed by atoms with E-state index in [1.807, 2.05) is 24.3 Å². The molecule has 0 fully saturated rings. The van der Waals surface area contributed by atoms with Crippen molar-refractivity contribution in [2.45, 2.75) is 4.90 Å². The van der Waals surface area contributed by atoms with Crippen molar-refractivity contribution in [2.24, 2.45) is 0 Å². The van der Waals surface area contributed by atoms with Gasteiger partial charge in [0.2, 0.25) is 0 Å². The van der Waals surface area contributed by atoms with Crippen LogP contribution in [0.5, 0.6) is 5.75 Å². The zero-order valence-electron chi connectivity index (χ0n) is 8.47.